The Morgan fingerprint density at radius 2 is 0.471 bits per heavy atom. The highest BCUT2D eigenvalue weighted by Gasteiger charge is 2.19. The molecule has 0 amide bonds. The summed E-state index contributed by atoms with van der Waals surface area (Å²) < 4.78 is 16.9. The van der Waals surface area contributed by atoms with Crippen molar-refractivity contribution in [1.29, 1.82) is 0 Å². The molecule has 0 unspecified atom stereocenters. The number of allylic oxidation sites excluding steroid dienone is 2. The number of esters is 3. The molecule has 6 nitrogen and oxygen atoms in total. The zero-order valence-electron chi connectivity index (χ0n) is 47.6. The second-order valence-electron chi connectivity index (χ2n) is 21.7. The van der Waals surface area contributed by atoms with E-state index in [4.69, 9.17) is 14.2 Å². The van der Waals surface area contributed by atoms with Crippen LogP contribution in [0.1, 0.15) is 361 Å². The van der Waals surface area contributed by atoms with Crippen LogP contribution in [-0.2, 0) is 28.6 Å². The van der Waals surface area contributed by atoms with Crippen LogP contribution < -0.4 is 0 Å². The van der Waals surface area contributed by atoms with E-state index in [1.807, 2.05) is 0 Å². The lowest BCUT2D eigenvalue weighted by Gasteiger charge is -2.18. The second-order valence-corrected chi connectivity index (χ2v) is 21.7. The van der Waals surface area contributed by atoms with Crippen molar-refractivity contribution in [3.8, 4) is 0 Å². The molecule has 0 aliphatic heterocycles. The van der Waals surface area contributed by atoms with Gasteiger partial charge in [0.1, 0.15) is 13.2 Å². The zero-order chi connectivity index (χ0) is 50.7. The second kappa shape index (κ2) is 59.7. The fraction of sp³-hybridized carbons (Fsp3) is 0.922. The maximum atomic E-state index is 12.9. The Morgan fingerprint density at radius 1 is 0.271 bits per heavy atom. The normalized spacial score (nSPS) is 12.0. The van der Waals surface area contributed by atoms with E-state index in [-0.39, 0.29) is 31.1 Å². The van der Waals surface area contributed by atoms with Gasteiger partial charge in [-0.2, -0.15) is 0 Å². The van der Waals surface area contributed by atoms with Gasteiger partial charge in [-0.3, -0.25) is 14.4 Å². The number of carbonyl (C=O) groups excluding carboxylic acids is 3. The van der Waals surface area contributed by atoms with Crippen LogP contribution in [0.2, 0.25) is 0 Å². The van der Waals surface area contributed by atoms with E-state index in [1.165, 1.54) is 263 Å². The molecule has 0 saturated heterocycles. The molecule has 0 radical (unpaired) electrons. The lowest BCUT2D eigenvalue weighted by Crippen LogP contribution is -2.30. The van der Waals surface area contributed by atoms with Crippen molar-refractivity contribution in [3.05, 3.63) is 12.2 Å². The molecule has 0 aliphatic rings. The Kier molecular flexibility index (Phi) is 58.1. The van der Waals surface area contributed by atoms with E-state index in [9.17, 15) is 14.4 Å². The van der Waals surface area contributed by atoms with E-state index in [2.05, 4.69) is 32.9 Å². The number of ether oxygens (including phenoxy) is 3. The lowest BCUT2D eigenvalue weighted by atomic mass is 10.0. The van der Waals surface area contributed by atoms with Crippen molar-refractivity contribution in [3.63, 3.8) is 0 Å². The Balaban J connectivity index is 4.30. The predicted octanol–water partition coefficient (Wildman–Crippen LogP) is 21.3. The number of carbonyl (C=O) groups is 3. The van der Waals surface area contributed by atoms with Gasteiger partial charge in [0.05, 0.1) is 0 Å². The molecule has 0 aromatic heterocycles. The number of hydrogen-bond acceptors (Lipinski definition) is 6. The van der Waals surface area contributed by atoms with Crippen LogP contribution in [0.4, 0.5) is 0 Å². The Bertz CT molecular complexity index is 1090. The van der Waals surface area contributed by atoms with Gasteiger partial charge in [-0.05, 0) is 44.9 Å². The van der Waals surface area contributed by atoms with Crippen molar-refractivity contribution >= 4 is 17.9 Å². The largest absolute Gasteiger partial charge is 0.462 e. The summed E-state index contributed by atoms with van der Waals surface area (Å²) >= 11 is 0. The summed E-state index contributed by atoms with van der Waals surface area (Å²) in [6, 6.07) is 0. The minimum Gasteiger partial charge on any atom is -0.462 e. The van der Waals surface area contributed by atoms with Crippen molar-refractivity contribution in [2.45, 2.75) is 367 Å². The average molecular weight is 988 g/mol. The zero-order valence-corrected chi connectivity index (χ0v) is 47.6. The van der Waals surface area contributed by atoms with Crippen LogP contribution in [0.5, 0.6) is 0 Å². The SMILES string of the molecule is CCCCCCCC/C=C\CCCCCCCCCC(=O)O[C@H](COC(=O)CCCCCCCCCCCCCCCCCC)COC(=O)CCCCCCCCCCCCCCCCCCCCC. The third kappa shape index (κ3) is 57.1. The molecule has 1 atom stereocenters. The first-order chi connectivity index (χ1) is 34.5. The third-order valence-electron chi connectivity index (χ3n) is 14.5. The van der Waals surface area contributed by atoms with E-state index >= 15 is 0 Å². The van der Waals surface area contributed by atoms with Crippen LogP contribution in [0.3, 0.4) is 0 Å². The van der Waals surface area contributed by atoms with Gasteiger partial charge < -0.3 is 14.2 Å². The van der Waals surface area contributed by atoms with Crippen molar-refractivity contribution in [2.75, 3.05) is 13.2 Å². The van der Waals surface area contributed by atoms with Gasteiger partial charge in [-0.15, -0.1) is 0 Å². The molecule has 0 aliphatic carbocycles. The predicted molar refractivity (Wildman–Crippen MR) is 303 cm³/mol. The summed E-state index contributed by atoms with van der Waals surface area (Å²) in [6.07, 6.45) is 69.2. The molecule has 414 valence electrons. The molecule has 0 rings (SSSR count). The van der Waals surface area contributed by atoms with Gasteiger partial charge >= 0.3 is 17.9 Å². The summed E-state index contributed by atoms with van der Waals surface area (Å²) in [6.45, 7) is 6.71. The molecule has 0 aromatic rings. The van der Waals surface area contributed by atoms with Gasteiger partial charge in [-0.1, -0.05) is 309 Å². The quantitative estimate of drug-likeness (QED) is 0.0261. The van der Waals surface area contributed by atoms with Gasteiger partial charge in [0.2, 0.25) is 0 Å². The van der Waals surface area contributed by atoms with E-state index in [0.717, 1.165) is 57.8 Å². The van der Waals surface area contributed by atoms with Crippen LogP contribution in [0, 0.1) is 0 Å². The molecular weight excluding hydrogens is 865 g/mol. The number of rotatable bonds is 59. The fourth-order valence-electron chi connectivity index (χ4n) is 9.74. The maximum absolute atomic E-state index is 12.9. The molecule has 0 spiro atoms. The molecule has 0 N–H and O–H groups in total. The number of unbranched alkanes of at least 4 members (excludes halogenated alkanes) is 46. The molecule has 0 saturated carbocycles. The first-order valence-electron chi connectivity index (χ1n) is 31.7. The topological polar surface area (TPSA) is 78.9 Å². The molecule has 0 aromatic carbocycles. The molecule has 0 fully saturated rings. The Labute approximate surface area is 437 Å². The molecule has 0 bridgehead atoms. The monoisotopic (exact) mass is 987 g/mol. The van der Waals surface area contributed by atoms with E-state index < -0.39 is 6.10 Å². The highest BCUT2D eigenvalue weighted by Crippen LogP contribution is 2.18. The summed E-state index contributed by atoms with van der Waals surface area (Å²) in [5.41, 5.74) is 0. The van der Waals surface area contributed by atoms with Gasteiger partial charge in [0.15, 0.2) is 6.10 Å². The van der Waals surface area contributed by atoms with Crippen LogP contribution in [0.15, 0.2) is 12.2 Å². The van der Waals surface area contributed by atoms with Crippen LogP contribution in [0.25, 0.3) is 0 Å². The van der Waals surface area contributed by atoms with Crippen LogP contribution in [-0.4, -0.2) is 37.2 Å². The third-order valence-corrected chi connectivity index (χ3v) is 14.5. The van der Waals surface area contributed by atoms with Crippen molar-refractivity contribution in [2.24, 2.45) is 0 Å². The van der Waals surface area contributed by atoms with Gasteiger partial charge in [0.25, 0.3) is 0 Å². The van der Waals surface area contributed by atoms with Crippen LogP contribution >= 0.6 is 0 Å². The lowest BCUT2D eigenvalue weighted by molar-refractivity contribution is -0.167. The number of hydrogen-bond donors (Lipinski definition) is 0. The minimum atomic E-state index is -0.767. The molecular formula is C64H122O6. The van der Waals surface area contributed by atoms with Crippen molar-refractivity contribution in [1.82, 2.24) is 0 Å². The standard InChI is InChI=1S/C64H122O6/c1-4-7-10-13-16-19-22-25-28-31-32-34-36-39-42-45-48-51-54-57-63(66)69-60-61(59-68-62(65)56-53-50-47-44-41-38-35-30-27-24-21-18-15-12-9-6-3)70-64(67)58-55-52-49-46-43-40-37-33-29-26-23-20-17-14-11-8-5-2/h26,29,61H,4-25,27-28,30-60H2,1-3H3/b29-26-/t61-/m1/s1. The first-order valence-corrected chi connectivity index (χ1v) is 31.7. The van der Waals surface area contributed by atoms with E-state index in [1.54, 1.807) is 0 Å². The molecule has 6 heteroatoms. The minimum absolute atomic E-state index is 0.0652. The summed E-state index contributed by atoms with van der Waals surface area (Å²) in [5.74, 6) is -0.839. The molecule has 0 heterocycles. The maximum Gasteiger partial charge on any atom is 0.306 e. The highest BCUT2D eigenvalue weighted by atomic mass is 16.6. The first kappa shape index (κ1) is 68.2. The van der Waals surface area contributed by atoms with Gasteiger partial charge in [-0.25, -0.2) is 0 Å². The Hall–Kier alpha value is -1.85. The summed E-state index contributed by atoms with van der Waals surface area (Å²) in [4.78, 5) is 38.3. The molecule has 70 heavy (non-hydrogen) atoms. The highest BCUT2D eigenvalue weighted by molar-refractivity contribution is 5.71. The fourth-order valence-corrected chi connectivity index (χ4v) is 9.74. The van der Waals surface area contributed by atoms with Crippen molar-refractivity contribution < 1.29 is 28.6 Å². The summed E-state index contributed by atoms with van der Waals surface area (Å²) in [5, 5.41) is 0. The Morgan fingerprint density at radius 3 is 0.714 bits per heavy atom. The smallest absolute Gasteiger partial charge is 0.306 e. The van der Waals surface area contributed by atoms with E-state index in [0.29, 0.717) is 19.3 Å². The summed E-state index contributed by atoms with van der Waals surface area (Å²) in [7, 11) is 0. The average Bonchev–Trinajstić information content (AvgIpc) is 3.36. The van der Waals surface area contributed by atoms with Gasteiger partial charge in [0, 0.05) is 19.3 Å².